The van der Waals surface area contributed by atoms with Crippen LogP contribution in [0.15, 0.2) is 12.2 Å². The number of unbranched alkanes of at least 4 members (excludes halogenated alkanes) is 29. The lowest BCUT2D eigenvalue weighted by molar-refractivity contribution is -0.302. The summed E-state index contributed by atoms with van der Waals surface area (Å²) in [7, 11) is 0. The normalized spacial score (nSPS) is 21.3. The van der Waals surface area contributed by atoms with Gasteiger partial charge in [-0.25, -0.2) is 0 Å². The molecule has 6 N–H and O–H groups in total. The molecule has 1 aliphatic heterocycles. The lowest BCUT2D eigenvalue weighted by Gasteiger charge is -2.40. The SMILES string of the molecule is CCCCCCCCCCCCCCCCCC=CC(O)C(COC1OC(CO)C(O)C(O)C1O)NC(=O)CCCCCCCCCCCCCCCCC. The fraction of sp³-hybridized carbons (Fsp3) is 0.935. The van der Waals surface area contributed by atoms with Crippen molar-refractivity contribution in [1.29, 1.82) is 0 Å². The highest BCUT2D eigenvalue weighted by atomic mass is 16.7. The highest BCUT2D eigenvalue weighted by Gasteiger charge is 2.44. The van der Waals surface area contributed by atoms with Crippen LogP contribution < -0.4 is 5.32 Å². The minimum absolute atomic E-state index is 0.174. The minimum atomic E-state index is -1.56. The van der Waals surface area contributed by atoms with E-state index < -0.39 is 49.5 Å². The summed E-state index contributed by atoms with van der Waals surface area (Å²) in [6.45, 7) is 3.79. The van der Waals surface area contributed by atoms with Gasteiger partial charge in [-0.3, -0.25) is 4.79 Å². The molecule has 1 fully saturated rings. The van der Waals surface area contributed by atoms with Crippen LogP contribution in [0.3, 0.4) is 0 Å². The van der Waals surface area contributed by atoms with E-state index in [1.165, 1.54) is 161 Å². The number of carbonyl (C=O) groups is 1. The predicted octanol–water partition coefficient (Wildman–Crippen LogP) is 9.73. The monoisotopic (exact) mass is 784 g/mol. The van der Waals surface area contributed by atoms with Crippen molar-refractivity contribution in [3.05, 3.63) is 12.2 Å². The van der Waals surface area contributed by atoms with Gasteiger partial charge in [0.2, 0.25) is 5.91 Å². The van der Waals surface area contributed by atoms with Gasteiger partial charge in [0.1, 0.15) is 24.4 Å². The van der Waals surface area contributed by atoms with Crippen molar-refractivity contribution in [2.45, 2.75) is 262 Å². The van der Waals surface area contributed by atoms with E-state index in [1.54, 1.807) is 6.08 Å². The number of carbonyl (C=O) groups excluding carboxylic acids is 1. The van der Waals surface area contributed by atoms with Gasteiger partial charge in [-0.05, 0) is 19.3 Å². The van der Waals surface area contributed by atoms with Gasteiger partial charge in [0, 0.05) is 6.42 Å². The van der Waals surface area contributed by atoms with E-state index in [9.17, 15) is 30.3 Å². The van der Waals surface area contributed by atoms with Crippen LogP contribution in [-0.4, -0.2) is 87.5 Å². The molecule has 0 spiro atoms. The maximum absolute atomic E-state index is 12.9. The number of aliphatic hydroxyl groups excluding tert-OH is 5. The molecule has 9 nitrogen and oxygen atoms in total. The lowest BCUT2D eigenvalue weighted by atomic mass is 9.99. The second-order valence-corrected chi connectivity index (χ2v) is 16.6. The zero-order valence-corrected chi connectivity index (χ0v) is 35.7. The number of aliphatic hydroxyl groups is 5. The molecule has 9 heteroatoms. The van der Waals surface area contributed by atoms with Crippen molar-refractivity contribution in [1.82, 2.24) is 5.32 Å². The maximum Gasteiger partial charge on any atom is 0.220 e. The molecular weight excluding hydrogens is 695 g/mol. The third kappa shape index (κ3) is 28.1. The third-order valence-electron chi connectivity index (χ3n) is 11.4. The average molecular weight is 784 g/mol. The fourth-order valence-corrected chi connectivity index (χ4v) is 7.57. The fourth-order valence-electron chi connectivity index (χ4n) is 7.57. The van der Waals surface area contributed by atoms with Crippen LogP contribution in [0, 0.1) is 0 Å². The van der Waals surface area contributed by atoms with E-state index in [-0.39, 0.29) is 12.5 Å². The van der Waals surface area contributed by atoms with Crippen molar-refractivity contribution in [3.8, 4) is 0 Å². The Bertz CT molecular complexity index is 873. The molecule has 0 bridgehead atoms. The second-order valence-electron chi connectivity index (χ2n) is 16.6. The average Bonchev–Trinajstić information content (AvgIpc) is 3.18. The van der Waals surface area contributed by atoms with Crippen LogP contribution >= 0.6 is 0 Å². The van der Waals surface area contributed by atoms with Gasteiger partial charge in [-0.1, -0.05) is 206 Å². The van der Waals surface area contributed by atoms with Crippen LogP contribution in [0.1, 0.15) is 219 Å². The lowest BCUT2D eigenvalue weighted by Crippen LogP contribution is -2.60. The van der Waals surface area contributed by atoms with E-state index in [1.807, 2.05) is 6.08 Å². The number of ether oxygens (including phenoxy) is 2. The standard InChI is InChI=1S/C46H89NO8/c1-3-5-7-9-11-13-15-17-19-20-22-23-25-27-29-31-33-35-40(49)39(38-54-46-45(53)44(52)43(51)41(37-48)55-46)47-42(50)36-34-32-30-28-26-24-21-18-16-14-12-10-8-6-4-2/h33,35,39-41,43-46,48-49,51-53H,3-32,34,36-38H2,1-2H3,(H,47,50). The molecule has 0 saturated carbocycles. The highest BCUT2D eigenvalue weighted by molar-refractivity contribution is 5.76. The Labute approximate surface area is 337 Å². The van der Waals surface area contributed by atoms with Crippen molar-refractivity contribution in [3.63, 3.8) is 0 Å². The Morgan fingerprint density at radius 3 is 1.42 bits per heavy atom. The molecule has 0 aromatic rings. The zero-order chi connectivity index (χ0) is 40.2. The van der Waals surface area contributed by atoms with Gasteiger partial charge >= 0.3 is 0 Å². The van der Waals surface area contributed by atoms with E-state index in [4.69, 9.17) is 9.47 Å². The summed E-state index contributed by atoms with van der Waals surface area (Å²) < 4.78 is 11.2. The number of rotatable bonds is 39. The number of hydrogen-bond acceptors (Lipinski definition) is 8. The molecule has 55 heavy (non-hydrogen) atoms. The van der Waals surface area contributed by atoms with Gasteiger partial charge in [0.25, 0.3) is 0 Å². The van der Waals surface area contributed by atoms with Gasteiger partial charge in [-0.2, -0.15) is 0 Å². The van der Waals surface area contributed by atoms with Gasteiger partial charge < -0.3 is 40.3 Å². The molecular formula is C46H89NO8. The first-order valence-corrected chi connectivity index (χ1v) is 23.4. The molecule has 1 heterocycles. The molecule has 7 unspecified atom stereocenters. The Balaban J connectivity index is 2.35. The third-order valence-corrected chi connectivity index (χ3v) is 11.4. The molecule has 0 aromatic heterocycles. The van der Waals surface area contributed by atoms with Crippen LogP contribution in [0.4, 0.5) is 0 Å². The molecule has 1 saturated heterocycles. The largest absolute Gasteiger partial charge is 0.394 e. The molecule has 7 atom stereocenters. The van der Waals surface area contributed by atoms with Crippen molar-refractivity contribution >= 4 is 5.91 Å². The first-order valence-electron chi connectivity index (χ1n) is 23.4. The van der Waals surface area contributed by atoms with E-state index in [2.05, 4.69) is 19.2 Å². The number of amides is 1. The van der Waals surface area contributed by atoms with Crippen LogP contribution in [-0.2, 0) is 14.3 Å². The molecule has 1 amide bonds. The van der Waals surface area contributed by atoms with Crippen molar-refractivity contribution < 1.29 is 39.8 Å². The Hall–Kier alpha value is -1.07. The van der Waals surface area contributed by atoms with Gasteiger partial charge in [0.15, 0.2) is 6.29 Å². The Morgan fingerprint density at radius 1 is 0.600 bits per heavy atom. The smallest absolute Gasteiger partial charge is 0.220 e. The van der Waals surface area contributed by atoms with Crippen LogP contribution in [0.2, 0.25) is 0 Å². The molecule has 0 aromatic carbocycles. The summed E-state index contributed by atoms with van der Waals surface area (Å²) in [6.07, 6.45) is 35.3. The second kappa shape index (κ2) is 37.2. The van der Waals surface area contributed by atoms with Crippen LogP contribution in [0.25, 0.3) is 0 Å². The molecule has 326 valence electrons. The highest BCUT2D eigenvalue weighted by Crippen LogP contribution is 2.23. The zero-order valence-electron chi connectivity index (χ0n) is 35.7. The van der Waals surface area contributed by atoms with Crippen LogP contribution in [0.5, 0.6) is 0 Å². The van der Waals surface area contributed by atoms with E-state index in [0.29, 0.717) is 6.42 Å². The van der Waals surface area contributed by atoms with E-state index in [0.717, 1.165) is 38.5 Å². The van der Waals surface area contributed by atoms with Gasteiger partial charge in [0.05, 0.1) is 25.4 Å². The first-order chi connectivity index (χ1) is 26.8. The summed E-state index contributed by atoms with van der Waals surface area (Å²) in [6, 6.07) is -0.798. The predicted molar refractivity (Wildman–Crippen MR) is 226 cm³/mol. The van der Waals surface area contributed by atoms with Gasteiger partial charge in [-0.15, -0.1) is 0 Å². The first kappa shape index (κ1) is 51.9. The summed E-state index contributed by atoms with van der Waals surface area (Å²) in [5.41, 5.74) is 0. The topological polar surface area (TPSA) is 149 Å². The number of nitrogens with one attached hydrogen (secondary N) is 1. The molecule has 1 aliphatic rings. The minimum Gasteiger partial charge on any atom is -0.394 e. The summed E-state index contributed by atoms with van der Waals surface area (Å²) in [5, 5.41) is 54.2. The summed E-state index contributed by atoms with van der Waals surface area (Å²) >= 11 is 0. The summed E-state index contributed by atoms with van der Waals surface area (Å²) in [5.74, 6) is -0.174. The van der Waals surface area contributed by atoms with Crippen molar-refractivity contribution in [2.24, 2.45) is 0 Å². The van der Waals surface area contributed by atoms with Crippen molar-refractivity contribution in [2.75, 3.05) is 13.2 Å². The summed E-state index contributed by atoms with van der Waals surface area (Å²) in [4.78, 5) is 12.9. The quantitative estimate of drug-likeness (QED) is 0.0267. The molecule has 1 rings (SSSR count). The molecule has 0 aliphatic carbocycles. The molecule has 0 radical (unpaired) electrons. The Kier molecular flexibility index (Phi) is 35.2. The number of allylic oxidation sites excluding steroid dienone is 1. The maximum atomic E-state index is 12.9. The number of hydrogen-bond donors (Lipinski definition) is 6. The Morgan fingerprint density at radius 2 is 1.00 bits per heavy atom. The van der Waals surface area contributed by atoms with E-state index >= 15 is 0 Å².